The molecule has 6 nitrogen and oxygen atoms in total. The van der Waals surface area contributed by atoms with Crippen molar-refractivity contribution in [3.63, 3.8) is 0 Å². The van der Waals surface area contributed by atoms with E-state index in [9.17, 15) is 0 Å². The van der Waals surface area contributed by atoms with Gasteiger partial charge in [-0.05, 0) is 64.4 Å². The molecule has 1 aliphatic carbocycles. The maximum atomic E-state index is 6.74. The van der Waals surface area contributed by atoms with Gasteiger partial charge in [0.25, 0.3) is 0 Å². The van der Waals surface area contributed by atoms with Crippen LogP contribution < -0.4 is 4.74 Å². The van der Waals surface area contributed by atoms with Crippen LogP contribution in [0.4, 0.5) is 0 Å². The first-order chi connectivity index (χ1) is 27.2. The minimum absolute atomic E-state index is 0.110. The van der Waals surface area contributed by atoms with Crippen molar-refractivity contribution in [3.8, 4) is 39.7 Å². The molecular formula is C49H29N3O3. The van der Waals surface area contributed by atoms with E-state index in [4.69, 9.17) is 28.5 Å². The first-order valence-electron chi connectivity index (χ1n) is 18.5. The first-order valence-corrected chi connectivity index (χ1v) is 18.5. The lowest BCUT2D eigenvalue weighted by atomic mass is 9.83. The van der Waals surface area contributed by atoms with E-state index in [0.717, 1.165) is 93.8 Å². The summed E-state index contributed by atoms with van der Waals surface area (Å²) in [5.41, 5.74) is 9.32. The first kappa shape index (κ1) is 30.2. The highest BCUT2D eigenvalue weighted by Crippen LogP contribution is 2.49. The van der Waals surface area contributed by atoms with E-state index in [1.165, 1.54) is 0 Å². The highest BCUT2D eigenvalue weighted by atomic mass is 16.5. The highest BCUT2D eigenvalue weighted by molar-refractivity contribution is 6.12. The van der Waals surface area contributed by atoms with Gasteiger partial charge in [-0.2, -0.15) is 0 Å². The van der Waals surface area contributed by atoms with Crippen LogP contribution in [-0.2, 0) is 0 Å². The van der Waals surface area contributed by atoms with Gasteiger partial charge in [0.05, 0.1) is 11.5 Å². The Morgan fingerprint density at radius 1 is 0.491 bits per heavy atom. The van der Waals surface area contributed by atoms with Crippen LogP contribution in [0.15, 0.2) is 173 Å². The van der Waals surface area contributed by atoms with Crippen LogP contribution >= 0.6 is 0 Å². The van der Waals surface area contributed by atoms with Crippen molar-refractivity contribution in [1.82, 2.24) is 15.0 Å². The number of aromatic nitrogens is 3. The zero-order valence-electron chi connectivity index (χ0n) is 29.3. The molecule has 0 spiro atoms. The Kier molecular flexibility index (Phi) is 6.36. The summed E-state index contributed by atoms with van der Waals surface area (Å²) in [4.78, 5) is 15.6. The average molecular weight is 708 g/mol. The van der Waals surface area contributed by atoms with E-state index in [1.807, 2.05) is 48.5 Å². The Labute approximate surface area is 314 Å². The molecule has 0 radical (unpaired) electrons. The second-order valence-corrected chi connectivity index (χ2v) is 14.2. The lowest BCUT2D eigenvalue weighted by Crippen LogP contribution is -2.20. The van der Waals surface area contributed by atoms with Crippen molar-refractivity contribution in [2.24, 2.45) is 0 Å². The minimum atomic E-state index is -0.209. The molecule has 258 valence electrons. The molecule has 2 atom stereocenters. The van der Waals surface area contributed by atoms with E-state index in [1.54, 1.807) is 0 Å². The normalized spacial score (nSPS) is 16.2. The van der Waals surface area contributed by atoms with E-state index >= 15 is 0 Å². The van der Waals surface area contributed by atoms with Crippen molar-refractivity contribution in [1.29, 1.82) is 0 Å². The van der Waals surface area contributed by atoms with Gasteiger partial charge in [-0.3, -0.25) is 0 Å². The van der Waals surface area contributed by atoms with Gasteiger partial charge in [-0.1, -0.05) is 121 Å². The highest BCUT2D eigenvalue weighted by Gasteiger charge is 2.39. The molecular weight excluding hydrogens is 679 g/mol. The number of fused-ring (bicyclic) bond motifs is 10. The Bertz CT molecular complexity index is 3280. The molecule has 12 rings (SSSR count). The van der Waals surface area contributed by atoms with Crippen LogP contribution in [0.1, 0.15) is 17.3 Å². The number of ether oxygens (including phenoxy) is 1. The Balaban J connectivity index is 1.02. The average Bonchev–Trinajstić information content (AvgIpc) is 3.94. The summed E-state index contributed by atoms with van der Waals surface area (Å²) in [5, 5.41) is 6.57. The zero-order chi connectivity index (χ0) is 36.0. The largest absolute Gasteiger partial charge is 0.485 e. The molecule has 2 aliphatic rings. The number of hydrogen-bond donors (Lipinski definition) is 0. The minimum Gasteiger partial charge on any atom is -0.485 e. The van der Waals surface area contributed by atoms with Crippen LogP contribution in [0.25, 0.3) is 94.1 Å². The Hall–Kier alpha value is -7.31. The molecule has 1 aliphatic heterocycles. The van der Waals surface area contributed by atoms with Crippen molar-refractivity contribution in [2.75, 3.05) is 0 Å². The summed E-state index contributed by atoms with van der Waals surface area (Å²) in [6.45, 7) is 0. The topological polar surface area (TPSA) is 74.2 Å². The monoisotopic (exact) mass is 707 g/mol. The van der Waals surface area contributed by atoms with Gasteiger partial charge in [-0.15, -0.1) is 0 Å². The molecule has 7 aromatic carbocycles. The summed E-state index contributed by atoms with van der Waals surface area (Å²) in [5.74, 6) is 2.50. The molecule has 0 bridgehead atoms. The fraction of sp³-hybridized carbons (Fsp3) is 0.0408. The predicted molar refractivity (Wildman–Crippen MR) is 219 cm³/mol. The maximum absolute atomic E-state index is 6.74. The van der Waals surface area contributed by atoms with Gasteiger partial charge in [0.1, 0.15) is 34.2 Å². The van der Waals surface area contributed by atoms with Crippen LogP contribution in [0, 0.1) is 0 Å². The number of benzene rings is 7. The molecule has 0 fully saturated rings. The van der Waals surface area contributed by atoms with Crippen molar-refractivity contribution >= 4 is 60.2 Å². The van der Waals surface area contributed by atoms with E-state index < -0.39 is 0 Å². The van der Waals surface area contributed by atoms with Gasteiger partial charge < -0.3 is 13.6 Å². The lowest BCUT2D eigenvalue weighted by Gasteiger charge is -2.22. The zero-order valence-corrected chi connectivity index (χ0v) is 29.3. The standard InChI is InChI=1S/C49H29N3O3/c1-2-11-29-26-31(23-22-28(29)10-1)47-50-48(52-49(51-47)38-17-7-15-34-33-12-3-5-18-39(33)55-46(34)38)37-16-9-21-42-45(37)36-25-24-30(27-43(36)54-42)32-14-8-20-41-44(32)35-13-4-6-19-40(35)53-41/h1-27,42,45H. The lowest BCUT2D eigenvalue weighted by molar-refractivity contribution is 0.271. The van der Waals surface area contributed by atoms with E-state index in [0.29, 0.717) is 17.5 Å². The molecule has 55 heavy (non-hydrogen) atoms. The molecule has 0 amide bonds. The summed E-state index contributed by atoms with van der Waals surface area (Å²) in [6.07, 6.45) is 6.09. The molecule has 3 aromatic heterocycles. The summed E-state index contributed by atoms with van der Waals surface area (Å²) >= 11 is 0. The van der Waals surface area contributed by atoms with Gasteiger partial charge in [0.15, 0.2) is 17.5 Å². The fourth-order valence-electron chi connectivity index (χ4n) is 8.55. The predicted octanol–water partition coefficient (Wildman–Crippen LogP) is 12.3. The quantitative estimate of drug-likeness (QED) is 0.181. The fourth-order valence-corrected chi connectivity index (χ4v) is 8.55. The van der Waals surface area contributed by atoms with Gasteiger partial charge in [0.2, 0.25) is 0 Å². The van der Waals surface area contributed by atoms with Crippen molar-refractivity contribution < 1.29 is 13.6 Å². The number of furan rings is 2. The Morgan fingerprint density at radius 3 is 2.13 bits per heavy atom. The second-order valence-electron chi connectivity index (χ2n) is 14.2. The molecule has 4 heterocycles. The van der Waals surface area contributed by atoms with Crippen LogP contribution in [-0.4, -0.2) is 21.1 Å². The van der Waals surface area contributed by atoms with E-state index in [2.05, 4.69) is 115 Å². The number of nitrogens with zero attached hydrogens (tertiary/aromatic N) is 3. The number of hydrogen-bond acceptors (Lipinski definition) is 6. The van der Waals surface area contributed by atoms with Gasteiger partial charge in [0, 0.05) is 38.2 Å². The smallest absolute Gasteiger partial charge is 0.167 e. The summed E-state index contributed by atoms with van der Waals surface area (Å²) in [6, 6.07) is 50.0. The van der Waals surface area contributed by atoms with E-state index in [-0.39, 0.29) is 12.0 Å². The summed E-state index contributed by atoms with van der Waals surface area (Å²) < 4.78 is 19.4. The third kappa shape index (κ3) is 4.64. The molecule has 0 N–H and O–H groups in total. The van der Waals surface area contributed by atoms with Gasteiger partial charge in [-0.25, -0.2) is 15.0 Å². The van der Waals surface area contributed by atoms with Crippen molar-refractivity contribution in [2.45, 2.75) is 12.0 Å². The number of allylic oxidation sites excluding steroid dienone is 2. The number of para-hydroxylation sites is 3. The molecule has 0 saturated heterocycles. The third-order valence-electron chi connectivity index (χ3n) is 11.1. The second kappa shape index (κ2) is 11.6. The third-order valence-corrected chi connectivity index (χ3v) is 11.1. The number of rotatable bonds is 4. The van der Waals surface area contributed by atoms with Crippen LogP contribution in [0.3, 0.4) is 0 Å². The summed E-state index contributed by atoms with van der Waals surface area (Å²) in [7, 11) is 0. The van der Waals surface area contributed by atoms with Crippen molar-refractivity contribution in [3.05, 3.63) is 175 Å². The van der Waals surface area contributed by atoms with Crippen LogP contribution in [0.2, 0.25) is 0 Å². The SMILES string of the molecule is C1=CC2Oc3cc(-c4cccc5oc6ccccc6c45)ccc3C2C(c2nc(-c3ccc4ccccc4c3)nc(-c3cccc4c3oc3ccccc34)n2)=C1. The molecule has 2 unspecified atom stereocenters. The van der Waals surface area contributed by atoms with Crippen LogP contribution in [0.5, 0.6) is 5.75 Å². The Morgan fingerprint density at radius 2 is 1.20 bits per heavy atom. The maximum Gasteiger partial charge on any atom is 0.167 e. The molecule has 10 aromatic rings. The van der Waals surface area contributed by atoms with Gasteiger partial charge >= 0.3 is 0 Å². The molecule has 0 saturated carbocycles. The molecule has 6 heteroatoms.